The van der Waals surface area contributed by atoms with Crippen LogP contribution in [0.4, 0.5) is 0 Å². The minimum Gasteiger partial charge on any atom is -0.208 e. The van der Waals surface area contributed by atoms with E-state index in [-0.39, 0.29) is 10.9 Å². The number of nitrogens with one attached hydrogen (secondary N) is 1. The number of sulfonamides is 1. The highest BCUT2D eigenvalue weighted by molar-refractivity contribution is 7.89. The molecule has 0 bridgehead atoms. The topological polar surface area (TPSA) is 70.0 Å². The van der Waals surface area contributed by atoms with Crippen LogP contribution in [-0.2, 0) is 10.0 Å². The van der Waals surface area contributed by atoms with E-state index in [0.29, 0.717) is 11.3 Å². The summed E-state index contributed by atoms with van der Waals surface area (Å²) in [6.07, 6.45) is 0. The SMILES string of the molecule is CC(CS)NS(=O)(=O)c1ccc(C#N)cc1. The lowest BCUT2D eigenvalue weighted by atomic mass is 10.2. The van der Waals surface area contributed by atoms with Gasteiger partial charge in [0, 0.05) is 11.8 Å². The van der Waals surface area contributed by atoms with E-state index in [1.54, 1.807) is 6.92 Å². The largest absolute Gasteiger partial charge is 0.240 e. The molecule has 1 rings (SSSR count). The van der Waals surface area contributed by atoms with Crippen LogP contribution in [0.3, 0.4) is 0 Å². The summed E-state index contributed by atoms with van der Waals surface area (Å²) in [4.78, 5) is 0.153. The summed E-state index contributed by atoms with van der Waals surface area (Å²) in [5, 5.41) is 8.59. The van der Waals surface area contributed by atoms with Gasteiger partial charge in [-0.05, 0) is 31.2 Å². The Hall–Kier alpha value is -1.03. The molecule has 86 valence electrons. The zero-order chi connectivity index (χ0) is 12.2. The Kier molecular flexibility index (Phi) is 4.35. The van der Waals surface area contributed by atoms with Crippen molar-refractivity contribution < 1.29 is 8.42 Å². The zero-order valence-corrected chi connectivity index (χ0v) is 10.4. The van der Waals surface area contributed by atoms with Crippen LogP contribution in [-0.4, -0.2) is 20.2 Å². The van der Waals surface area contributed by atoms with Crippen LogP contribution in [0.15, 0.2) is 29.2 Å². The number of nitrogens with zero attached hydrogens (tertiary/aromatic N) is 1. The number of nitriles is 1. The van der Waals surface area contributed by atoms with Crippen molar-refractivity contribution in [3.8, 4) is 6.07 Å². The van der Waals surface area contributed by atoms with E-state index in [4.69, 9.17) is 5.26 Å². The lowest BCUT2D eigenvalue weighted by Crippen LogP contribution is -2.33. The molecule has 0 aliphatic carbocycles. The molecule has 0 amide bonds. The van der Waals surface area contributed by atoms with E-state index in [9.17, 15) is 8.42 Å². The molecular weight excluding hydrogens is 244 g/mol. The van der Waals surface area contributed by atoms with E-state index >= 15 is 0 Å². The molecule has 0 heterocycles. The summed E-state index contributed by atoms with van der Waals surface area (Å²) in [5.74, 6) is 0.426. The lowest BCUT2D eigenvalue weighted by molar-refractivity contribution is 0.571. The van der Waals surface area contributed by atoms with Crippen LogP contribution < -0.4 is 4.72 Å². The number of rotatable bonds is 4. The highest BCUT2D eigenvalue weighted by Gasteiger charge is 2.16. The Morgan fingerprint density at radius 3 is 2.44 bits per heavy atom. The molecule has 0 aliphatic rings. The van der Waals surface area contributed by atoms with Gasteiger partial charge in [0.2, 0.25) is 10.0 Å². The number of hydrogen-bond donors (Lipinski definition) is 2. The smallest absolute Gasteiger partial charge is 0.208 e. The Balaban J connectivity index is 2.95. The molecule has 1 aromatic rings. The van der Waals surface area contributed by atoms with Crippen LogP contribution in [0.2, 0.25) is 0 Å². The van der Waals surface area contributed by atoms with Crippen molar-refractivity contribution in [1.82, 2.24) is 4.72 Å². The molecule has 0 spiro atoms. The zero-order valence-electron chi connectivity index (χ0n) is 8.71. The fraction of sp³-hybridized carbons (Fsp3) is 0.300. The van der Waals surface area contributed by atoms with Gasteiger partial charge in [0.25, 0.3) is 0 Å². The summed E-state index contributed by atoms with van der Waals surface area (Å²) in [5.41, 5.74) is 0.432. The number of benzene rings is 1. The van der Waals surface area contributed by atoms with Crippen LogP contribution >= 0.6 is 12.6 Å². The third kappa shape index (κ3) is 3.23. The van der Waals surface area contributed by atoms with Gasteiger partial charge in [-0.1, -0.05) is 0 Å². The highest BCUT2D eigenvalue weighted by Crippen LogP contribution is 2.10. The predicted molar refractivity (Wildman–Crippen MR) is 64.8 cm³/mol. The summed E-state index contributed by atoms with van der Waals surface area (Å²) in [7, 11) is -3.50. The second kappa shape index (κ2) is 5.34. The fourth-order valence-electron chi connectivity index (χ4n) is 1.08. The standard InChI is InChI=1S/C10H12N2O2S2/c1-8(7-15)12-16(13,14)10-4-2-9(6-11)3-5-10/h2-5,8,12,15H,7H2,1H3. The minimum absolute atomic E-state index is 0.153. The number of thiol groups is 1. The Bertz CT molecular complexity index is 489. The van der Waals surface area contributed by atoms with E-state index in [1.807, 2.05) is 6.07 Å². The van der Waals surface area contributed by atoms with E-state index < -0.39 is 10.0 Å². The first-order chi connectivity index (χ1) is 7.49. The van der Waals surface area contributed by atoms with Crippen molar-refractivity contribution in [3.63, 3.8) is 0 Å². The van der Waals surface area contributed by atoms with Gasteiger partial charge in [-0.2, -0.15) is 17.9 Å². The van der Waals surface area contributed by atoms with Gasteiger partial charge in [0.1, 0.15) is 0 Å². The molecule has 0 fully saturated rings. The van der Waals surface area contributed by atoms with Gasteiger partial charge in [-0.15, -0.1) is 0 Å². The Morgan fingerprint density at radius 1 is 1.44 bits per heavy atom. The first-order valence-corrected chi connectivity index (χ1v) is 6.74. The molecule has 0 aromatic heterocycles. The van der Waals surface area contributed by atoms with Gasteiger partial charge < -0.3 is 0 Å². The van der Waals surface area contributed by atoms with Crippen molar-refractivity contribution in [2.24, 2.45) is 0 Å². The molecule has 4 nitrogen and oxygen atoms in total. The third-order valence-electron chi connectivity index (χ3n) is 1.92. The molecule has 1 atom stereocenters. The molecule has 6 heteroatoms. The lowest BCUT2D eigenvalue weighted by Gasteiger charge is -2.11. The molecular formula is C10H12N2O2S2. The van der Waals surface area contributed by atoms with Gasteiger partial charge >= 0.3 is 0 Å². The van der Waals surface area contributed by atoms with E-state index in [1.165, 1.54) is 24.3 Å². The average Bonchev–Trinajstić information content (AvgIpc) is 2.28. The average molecular weight is 256 g/mol. The minimum atomic E-state index is -3.50. The number of hydrogen-bond acceptors (Lipinski definition) is 4. The summed E-state index contributed by atoms with van der Waals surface area (Å²) >= 11 is 4.00. The predicted octanol–water partition coefficient (Wildman–Crippen LogP) is 1.15. The van der Waals surface area contributed by atoms with Gasteiger partial charge in [0.05, 0.1) is 16.5 Å². The molecule has 0 radical (unpaired) electrons. The maximum atomic E-state index is 11.8. The maximum absolute atomic E-state index is 11.8. The van der Waals surface area contributed by atoms with Crippen LogP contribution in [0.25, 0.3) is 0 Å². The van der Waals surface area contributed by atoms with Gasteiger partial charge in [-0.3, -0.25) is 0 Å². The van der Waals surface area contributed by atoms with Gasteiger partial charge in [-0.25, -0.2) is 13.1 Å². The van der Waals surface area contributed by atoms with Gasteiger partial charge in [0.15, 0.2) is 0 Å². The molecule has 16 heavy (non-hydrogen) atoms. The molecule has 0 saturated heterocycles. The Labute approximate surface area is 101 Å². The molecule has 0 saturated carbocycles. The van der Waals surface area contributed by atoms with Crippen molar-refractivity contribution >= 4 is 22.7 Å². The Morgan fingerprint density at radius 2 is 2.00 bits per heavy atom. The second-order valence-electron chi connectivity index (χ2n) is 3.34. The van der Waals surface area contributed by atoms with Crippen molar-refractivity contribution in [3.05, 3.63) is 29.8 Å². The normalized spacial score (nSPS) is 13.1. The summed E-state index contributed by atoms with van der Waals surface area (Å²) in [6.45, 7) is 1.73. The van der Waals surface area contributed by atoms with E-state index in [2.05, 4.69) is 17.4 Å². The molecule has 1 unspecified atom stereocenters. The quantitative estimate of drug-likeness (QED) is 0.794. The first-order valence-electron chi connectivity index (χ1n) is 4.63. The highest BCUT2D eigenvalue weighted by atomic mass is 32.2. The molecule has 0 aliphatic heterocycles. The first kappa shape index (κ1) is 13.0. The fourth-order valence-corrected chi connectivity index (χ4v) is 2.54. The third-order valence-corrected chi connectivity index (χ3v) is 4.08. The summed E-state index contributed by atoms with van der Waals surface area (Å²) < 4.78 is 26.0. The van der Waals surface area contributed by atoms with Crippen LogP contribution in [0.1, 0.15) is 12.5 Å². The van der Waals surface area contributed by atoms with Crippen molar-refractivity contribution in [2.75, 3.05) is 5.75 Å². The molecule has 1 aromatic carbocycles. The molecule has 1 N–H and O–H groups in total. The van der Waals surface area contributed by atoms with Crippen molar-refractivity contribution in [2.45, 2.75) is 17.9 Å². The second-order valence-corrected chi connectivity index (χ2v) is 5.42. The van der Waals surface area contributed by atoms with Crippen molar-refractivity contribution in [1.29, 1.82) is 5.26 Å². The monoisotopic (exact) mass is 256 g/mol. The van der Waals surface area contributed by atoms with Crippen LogP contribution in [0, 0.1) is 11.3 Å². The van der Waals surface area contributed by atoms with E-state index in [0.717, 1.165) is 0 Å². The summed E-state index contributed by atoms with van der Waals surface area (Å²) in [6, 6.07) is 7.46. The van der Waals surface area contributed by atoms with Crippen LogP contribution in [0.5, 0.6) is 0 Å². The maximum Gasteiger partial charge on any atom is 0.240 e.